The molecule has 1 aliphatic carbocycles. The number of aliphatic carboxylic acids is 1. The topological polar surface area (TPSA) is 78.9 Å². The first-order valence-corrected chi connectivity index (χ1v) is 11.6. The molecule has 0 saturated heterocycles. The van der Waals surface area contributed by atoms with E-state index < -0.39 is 24.0 Å². The van der Waals surface area contributed by atoms with Gasteiger partial charge in [0.05, 0.1) is 0 Å². The minimum Gasteiger partial charge on any atom is -0.480 e. The van der Waals surface area contributed by atoms with Crippen LogP contribution >= 0.6 is 0 Å². The van der Waals surface area contributed by atoms with Gasteiger partial charge in [0.25, 0.3) is 0 Å². The maximum Gasteiger partial charge on any atom is 0.410 e. The van der Waals surface area contributed by atoms with Crippen LogP contribution in [0.4, 0.5) is 13.6 Å². The lowest BCUT2D eigenvalue weighted by Gasteiger charge is -2.25. The molecule has 0 fully saturated rings. The molecule has 8 heteroatoms. The van der Waals surface area contributed by atoms with Gasteiger partial charge in [-0.2, -0.15) is 0 Å². The maximum atomic E-state index is 13.6. The first-order chi connectivity index (χ1) is 16.2. The molecule has 0 saturated carbocycles. The number of carbonyl (C=O) groups is 2. The number of nitrogens with one attached hydrogen (secondary N) is 1. The van der Waals surface area contributed by atoms with E-state index in [0.29, 0.717) is 6.42 Å². The van der Waals surface area contributed by atoms with Gasteiger partial charge in [-0.25, -0.2) is 18.4 Å². The van der Waals surface area contributed by atoms with Crippen LogP contribution in [0.25, 0.3) is 11.1 Å². The van der Waals surface area contributed by atoms with Crippen molar-refractivity contribution in [1.82, 2.24) is 10.2 Å². The highest BCUT2D eigenvalue weighted by Crippen LogP contribution is 2.44. The molecule has 2 aromatic rings. The van der Waals surface area contributed by atoms with E-state index in [1.165, 1.54) is 7.05 Å². The highest BCUT2D eigenvalue weighted by Gasteiger charge is 2.32. The molecule has 0 radical (unpaired) electrons. The lowest BCUT2D eigenvalue weighted by molar-refractivity contribution is -0.142. The third-order valence-corrected chi connectivity index (χ3v) is 6.25. The normalized spacial score (nSPS) is 13.8. The summed E-state index contributed by atoms with van der Waals surface area (Å²) >= 11 is 0. The number of ether oxygens (including phenoxy) is 1. The van der Waals surface area contributed by atoms with E-state index in [2.05, 4.69) is 5.32 Å². The SMILES string of the molecule is CCCC(F)(F)CCNCC[C@@H](C(=O)O)N(C)C(=O)OCC1c2ccccc2-c2ccccc21. The minimum absolute atomic E-state index is 0.0774. The van der Waals surface area contributed by atoms with Crippen LogP contribution in [0.3, 0.4) is 0 Å². The molecule has 0 unspecified atom stereocenters. The number of fused-ring (bicyclic) bond motifs is 3. The molecular weight excluding hydrogens is 442 g/mol. The largest absolute Gasteiger partial charge is 0.480 e. The monoisotopic (exact) mass is 474 g/mol. The third-order valence-electron chi connectivity index (χ3n) is 6.25. The Morgan fingerprint density at radius 1 is 1.06 bits per heavy atom. The number of hydrogen-bond acceptors (Lipinski definition) is 4. The molecule has 2 N–H and O–H groups in total. The van der Waals surface area contributed by atoms with Crippen LogP contribution in [0.5, 0.6) is 0 Å². The quantitative estimate of drug-likeness (QED) is 0.417. The number of benzene rings is 2. The summed E-state index contributed by atoms with van der Waals surface area (Å²) in [6, 6.07) is 14.8. The fourth-order valence-corrected chi connectivity index (χ4v) is 4.43. The maximum absolute atomic E-state index is 13.6. The molecule has 0 aromatic heterocycles. The number of amides is 1. The van der Waals surface area contributed by atoms with E-state index in [1.54, 1.807) is 6.92 Å². The Labute approximate surface area is 198 Å². The van der Waals surface area contributed by atoms with Crippen LogP contribution in [-0.2, 0) is 9.53 Å². The van der Waals surface area contributed by atoms with Gasteiger partial charge >= 0.3 is 12.1 Å². The molecule has 0 aliphatic heterocycles. The standard InChI is InChI=1S/C26H32F2N2O4/c1-3-13-26(27,28)14-16-29-15-12-23(24(31)32)30(2)25(33)34-17-22-20-10-6-4-8-18(20)19-9-5-7-11-21(19)22/h4-11,22-23,29H,3,12-17H2,1-2H3,(H,31,32)/t23-/m0/s1. The van der Waals surface area contributed by atoms with Crippen molar-refractivity contribution < 1.29 is 28.2 Å². The van der Waals surface area contributed by atoms with Crippen molar-refractivity contribution >= 4 is 12.1 Å². The van der Waals surface area contributed by atoms with Crippen LogP contribution in [0.15, 0.2) is 48.5 Å². The molecule has 0 bridgehead atoms. The van der Waals surface area contributed by atoms with Crippen molar-refractivity contribution in [1.29, 1.82) is 0 Å². The van der Waals surface area contributed by atoms with Crippen molar-refractivity contribution in [2.24, 2.45) is 0 Å². The summed E-state index contributed by atoms with van der Waals surface area (Å²) in [4.78, 5) is 25.5. The Hall–Kier alpha value is -3.00. The summed E-state index contributed by atoms with van der Waals surface area (Å²) < 4.78 is 32.7. The van der Waals surface area contributed by atoms with Crippen LogP contribution in [0, 0.1) is 0 Å². The first-order valence-electron chi connectivity index (χ1n) is 11.6. The average molecular weight is 475 g/mol. The summed E-state index contributed by atoms with van der Waals surface area (Å²) in [5.74, 6) is -4.03. The second-order valence-corrected chi connectivity index (χ2v) is 8.66. The molecule has 0 spiro atoms. The van der Waals surface area contributed by atoms with Gasteiger partial charge < -0.3 is 15.2 Å². The average Bonchev–Trinajstić information content (AvgIpc) is 3.13. The lowest BCUT2D eigenvalue weighted by Crippen LogP contribution is -2.44. The second kappa shape index (κ2) is 11.4. The molecule has 1 amide bonds. The number of nitrogens with zero attached hydrogens (tertiary/aromatic N) is 1. The second-order valence-electron chi connectivity index (χ2n) is 8.66. The molecule has 1 atom stereocenters. The number of rotatable bonds is 12. The number of alkyl halides is 2. The highest BCUT2D eigenvalue weighted by atomic mass is 19.3. The molecule has 184 valence electrons. The molecule has 3 rings (SSSR count). The first kappa shape index (κ1) is 25.6. The molecule has 0 heterocycles. The molecule has 1 aliphatic rings. The van der Waals surface area contributed by atoms with Crippen LogP contribution in [0.1, 0.15) is 49.7 Å². The van der Waals surface area contributed by atoms with Gasteiger partial charge in [-0.15, -0.1) is 0 Å². The zero-order valence-corrected chi connectivity index (χ0v) is 19.6. The van der Waals surface area contributed by atoms with Gasteiger partial charge in [-0.3, -0.25) is 4.90 Å². The van der Waals surface area contributed by atoms with Gasteiger partial charge in [-0.1, -0.05) is 61.9 Å². The van der Waals surface area contributed by atoms with Crippen LogP contribution in [0.2, 0.25) is 0 Å². The Bertz CT molecular complexity index is 953. The molecular formula is C26H32F2N2O4. The molecule has 2 aromatic carbocycles. The van der Waals surface area contributed by atoms with E-state index in [1.807, 2.05) is 48.5 Å². The Morgan fingerprint density at radius 2 is 1.65 bits per heavy atom. The van der Waals surface area contributed by atoms with Crippen molar-refractivity contribution in [3.8, 4) is 11.1 Å². The zero-order chi connectivity index (χ0) is 24.7. The third kappa shape index (κ3) is 6.11. The Balaban J connectivity index is 1.54. The van der Waals surface area contributed by atoms with Gasteiger partial charge in [0.2, 0.25) is 5.92 Å². The van der Waals surface area contributed by atoms with Gasteiger partial charge in [-0.05, 0) is 35.2 Å². The number of carbonyl (C=O) groups excluding carboxylic acids is 1. The van der Waals surface area contributed by atoms with E-state index in [9.17, 15) is 23.5 Å². The zero-order valence-electron chi connectivity index (χ0n) is 19.6. The minimum atomic E-state index is -2.73. The Kier molecular flexibility index (Phi) is 8.61. The summed E-state index contributed by atoms with van der Waals surface area (Å²) in [7, 11) is 1.38. The van der Waals surface area contributed by atoms with Crippen molar-refractivity contribution in [2.75, 3.05) is 26.7 Å². The summed E-state index contributed by atoms with van der Waals surface area (Å²) in [6.45, 7) is 2.07. The molecule has 6 nitrogen and oxygen atoms in total. The lowest BCUT2D eigenvalue weighted by atomic mass is 9.98. The van der Waals surface area contributed by atoms with Crippen molar-refractivity contribution in [3.05, 3.63) is 59.7 Å². The van der Waals surface area contributed by atoms with E-state index >= 15 is 0 Å². The van der Waals surface area contributed by atoms with Crippen molar-refractivity contribution in [2.45, 2.75) is 50.5 Å². The number of carboxylic acid groups (broad SMARTS) is 1. The summed E-state index contributed by atoms with van der Waals surface area (Å²) in [5, 5.41) is 12.4. The fourth-order valence-electron chi connectivity index (χ4n) is 4.43. The summed E-state index contributed by atoms with van der Waals surface area (Å²) in [5.41, 5.74) is 4.34. The number of carboxylic acids is 1. The predicted molar refractivity (Wildman–Crippen MR) is 126 cm³/mol. The van der Waals surface area contributed by atoms with Crippen molar-refractivity contribution in [3.63, 3.8) is 0 Å². The van der Waals surface area contributed by atoms with Crippen LogP contribution in [-0.4, -0.2) is 60.8 Å². The van der Waals surface area contributed by atoms with E-state index in [4.69, 9.17) is 4.74 Å². The van der Waals surface area contributed by atoms with Crippen LogP contribution < -0.4 is 5.32 Å². The number of likely N-dealkylation sites (N-methyl/N-ethyl adjacent to an activating group) is 1. The van der Waals surface area contributed by atoms with Gasteiger partial charge in [0, 0.05) is 32.4 Å². The smallest absolute Gasteiger partial charge is 0.410 e. The van der Waals surface area contributed by atoms with E-state index in [0.717, 1.165) is 27.2 Å². The van der Waals surface area contributed by atoms with Gasteiger partial charge in [0.1, 0.15) is 12.6 Å². The fraction of sp³-hybridized carbons (Fsp3) is 0.462. The Morgan fingerprint density at radius 3 is 2.21 bits per heavy atom. The predicted octanol–water partition coefficient (Wildman–Crippen LogP) is 5.13. The summed E-state index contributed by atoms with van der Waals surface area (Å²) in [6.07, 6.45) is -0.727. The van der Waals surface area contributed by atoms with E-state index in [-0.39, 0.29) is 44.9 Å². The van der Waals surface area contributed by atoms with Gasteiger partial charge in [0.15, 0.2) is 0 Å². The molecule has 34 heavy (non-hydrogen) atoms. The highest BCUT2D eigenvalue weighted by molar-refractivity contribution is 5.81. The number of halogens is 2. The number of hydrogen-bond donors (Lipinski definition) is 2.